The first-order valence-corrected chi connectivity index (χ1v) is 17.2. The van der Waals surface area contributed by atoms with Crippen LogP contribution in [0.15, 0.2) is 46.3 Å². The Balaban J connectivity index is 1.10. The average molecular weight is 642 g/mol. The van der Waals surface area contributed by atoms with Gasteiger partial charge in [-0.1, -0.05) is 6.07 Å². The van der Waals surface area contributed by atoms with E-state index in [4.69, 9.17) is 14.2 Å². The highest BCUT2D eigenvalue weighted by atomic mass is 32.2. The summed E-state index contributed by atoms with van der Waals surface area (Å²) in [6, 6.07) is 7.61. The van der Waals surface area contributed by atoms with Crippen molar-refractivity contribution in [2.75, 3.05) is 71.1 Å². The molecule has 4 heterocycles. The van der Waals surface area contributed by atoms with Gasteiger partial charge in [-0.3, -0.25) is 0 Å². The number of aromatic nitrogens is 1. The van der Waals surface area contributed by atoms with Gasteiger partial charge in [0.15, 0.2) is 0 Å². The third kappa shape index (κ3) is 7.23. The van der Waals surface area contributed by atoms with Gasteiger partial charge in [-0.15, -0.1) is 0 Å². The number of β-amino-alcohol motifs (C(OH)–C–C–N with tert-alkyl or cyclic N) is 1. The second-order valence-corrected chi connectivity index (χ2v) is 14.7. The van der Waals surface area contributed by atoms with Gasteiger partial charge in [0, 0.05) is 38.3 Å². The first-order chi connectivity index (χ1) is 20.5. The van der Waals surface area contributed by atoms with Crippen molar-refractivity contribution in [1.29, 1.82) is 0 Å². The molecule has 0 amide bonds. The minimum Gasteiger partial charge on any atom is -0.491 e. The lowest BCUT2D eigenvalue weighted by atomic mass is 9.88. The Morgan fingerprint density at radius 3 is 2.70 bits per heavy atom. The molecule has 238 valence electrons. The first-order valence-electron chi connectivity index (χ1n) is 14.3. The molecule has 0 saturated carbocycles. The Bertz CT molecular complexity index is 1480. The standard InChI is InChI=1S/C27H39N5O9S2/c1-28-42(35,36)23-4-2-3-22(13-23)40-19-21(34)16-29-20-15-27(41-18-20)5-7-32(8-6-27)43(37,38)24-14-25-26(30-17-24)39-12-10-31(25)9-11-33/h2-4,13-14,17,20-21,28-29,33-34H,5-12,15-16,18-19H2,1H3/t20-,21+/m1/s1. The maximum Gasteiger partial charge on any atom is 0.244 e. The van der Waals surface area contributed by atoms with Crippen LogP contribution in [-0.4, -0.2) is 120 Å². The summed E-state index contributed by atoms with van der Waals surface area (Å²) in [4.78, 5) is 6.27. The van der Waals surface area contributed by atoms with E-state index in [2.05, 4.69) is 15.0 Å². The second-order valence-electron chi connectivity index (χ2n) is 10.9. The molecule has 16 heteroatoms. The zero-order valence-electron chi connectivity index (χ0n) is 24.0. The number of benzene rings is 1. The molecule has 5 rings (SSSR count). The van der Waals surface area contributed by atoms with E-state index in [0.717, 1.165) is 0 Å². The Morgan fingerprint density at radius 1 is 1.16 bits per heavy atom. The molecule has 1 aromatic heterocycles. The lowest BCUT2D eigenvalue weighted by molar-refractivity contribution is -0.0312. The Hall–Kier alpha value is -2.57. The van der Waals surface area contributed by atoms with Gasteiger partial charge < -0.3 is 34.6 Å². The largest absolute Gasteiger partial charge is 0.491 e. The lowest BCUT2D eigenvalue weighted by Crippen LogP contribution is -2.47. The van der Waals surface area contributed by atoms with E-state index < -0.39 is 31.8 Å². The van der Waals surface area contributed by atoms with Crippen molar-refractivity contribution in [1.82, 2.24) is 19.3 Å². The summed E-state index contributed by atoms with van der Waals surface area (Å²) in [6.45, 7) is 2.55. The summed E-state index contributed by atoms with van der Waals surface area (Å²) >= 11 is 0. The fraction of sp³-hybridized carbons (Fsp3) is 0.593. The van der Waals surface area contributed by atoms with Gasteiger partial charge in [0.05, 0.1) is 36.5 Å². The number of fused-ring (bicyclic) bond motifs is 1. The van der Waals surface area contributed by atoms with Crippen LogP contribution in [0.3, 0.4) is 0 Å². The van der Waals surface area contributed by atoms with Crippen LogP contribution in [0.25, 0.3) is 0 Å². The molecule has 2 atom stereocenters. The summed E-state index contributed by atoms with van der Waals surface area (Å²) in [5, 5.41) is 23.1. The summed E-state index contributed by atoms with van der Waals surface area (Å²) in [5.41, 5.74) is 0.121. The highest BCUT2D eigenvalue weighted by Crippen LogP contribution is 2.38. The highest BCUT2D eigenvalue weighted by molar-refractivity contribution is 7.89. The number of pyridine rings is 1. The first kappa shape index (κ1) is 31.8. The van der Waals surface area contributed by atoms with Crippen molar-refractivity contribution in [3.8, 4) is 11.6 Å². The number of ether oxygens (including phenoxy) is 3. The number of aliphatic hydroxyl groups is 2. The fourth-order valence-electron chi connectivity index (χ4n) is 5.64. The normalized spacial score (nSPS) is 21.4. The summed E-state index contributed by atoms with van der Waals surface area (Å²) < 4.78 is 72.0. The van der Waals surface area contributed by atoms with E-state index in [0.29, 0.717) is 76.0 Å². The number of aliphatic hydroxyl groups excluding tert-OH is 2. The van der Waals surface area contributed by atoms with Gasteiger partial charge in [-0.05, 0) is 44.5 Å². The molecule has 1 spiro atoms. The number of hydrogen-bond donors (Lipinski definition) is 4. The van der Waals surface area contributed by atoms with E-state index in [1.165, 1.54) is 29.7 Å². The number of hydrogen-bond acceptors (Lipinski definition) is 12. The van der Waals surface area contributed by atoms with Crippen LogP contribution >= 0.6 is 0 Å². The van der Waals surface area contributed by atoms with Gasteiger partial charge in [0.25, 0.3) is 0 Å². The van der Waals surface area contributed by atoms with Gasteiger partial charge in [-0.25, -0.2) is 26.5 Å². The van der Waals surface area contributed by atoms with E-state index in [-0.39, 0.29) is 35.6 Å². The molecule has 2 fully saturated rings. The number of nitrogens with zero attached hydrogens (tertiary/aromatic N) is 3. The van der Waals surface area contributed by atoms with Crippen LogP contribution < -0.4 is 24.4 Å². The predicted molar refractivity (Wildman–Crippen MR) is 156 cm³/mol. The van der Waals surface area contributed by atoms with Crippen molar-refractivity contribution in [2.45, 2.75) is 46.8 Å². The smallest absolute Gasteiger partial charge is 0.244 e. The Morgan fingerprint density at radius 2 is 1.95 bits per heavy atom. The lowest BCUT2D eigenvalue weighted by Gasteiger charge is -2.38. The van der Waals surface area contributed by atoms with Crippen molar-refractivity contribution in [3.63, 3.8) is 0 Å². The van der Waals surface area contributed by atoms with E-state index >= 15 is 0 Å². The van der Waals surface area contributed by atoms with E-state index in [1.807, 2.05) is 4.90 Å². The molecular formula is C27H39N5O9S2. The minimum atomic E-state index is -3.79. The molecule has 3 aliphatic rings. The molecule has 1 aromatic carbocycles. The maximum atomic E-state index is 13.5. The van der Waals surface area contributed by atoms with Gasteiger partial charge in [0.2, 0.25) is 25.9 Å². The summed E-state index contributed by atoms with van der Waals surface area (Å²) in [6.07, 6.45) is 2.26. The van der Waals surface area contributed by atoms with Crippen LogP contribution in [0.5, 0.6) is 11.6 Å². The number of sulfonamides is 2. The zero-order chi connectivity index (χ0) is 30.7. The SMILES string of the molecule is CNS(=O)(=O)c1cccc(OC[C@@H](O)CN[C@H]2COC3(CCN(S(=O)(=O)c4cnc5c(c4)N(CCO)CCO5)CC3)C2)c1. The monoisotopic (exact) mass is 641 g/mol. The van der Waals surface area contributed by atoms with Gasteiger partial charge in [-0.2, -0.15) is 4.31 Å². The van der Waals surface area contributed by atoms with Crippen LogP contribution in [0.4, 0.5) is 5.69 Å². The molecule has 2 saturated heterocycles. The third-order valence-electron chi connectivity index (χ3n) is 8.07. The second kappa shape index (κ2) is 13.2. The molecule has 0 radical (unpaired) electrons. The molecule has 0 aliphatic carbocycles. The van der Waals surface area contributed by atoms with Gasteiger partial charge >= 0.3 is 0 Å². The van der Waals surface area contributed by atoms with Gasteiger partial charge in [0.1, 0.15) is 35.7 Å². The number of nitrogens with one attached hydrogen (secondary N) is 2. The van der Waals surface area contributed by atoms with E-state index in [9.17, 15) is 27.0 Å². The van der Waals surface area contributed by atoms with E-state index in [1.54, 1.807) is 18.2 Å². The number of piperidine rings is 1. The quantitative estimate of drug-likeness (QED) is 0.234. The Labute approximate surface area is 252 Å². The minimum absolute atomic E-state index is 0.00994. The van der Waals surface area contributed by atoms with Crippen molar-refractivity contribution < 1.29 is 41.3 Å². The fourth-order valence-corrected chi connectivity index (χ4v) is 7.81. The summed E-state index contributed by atoms with van der Waals surface area (Å²) in [7, 11) is -6.05. The molecule has 43 heavy (non-hydrogen) atoms. The molecule has 2 aromatic rings. The summed E-state index contributed by atoms with van der Waals surface area (Å²) in [5.74, 6) is 0.697. The molecule has 14 nitrogen and oxygen atoms in total. The number of rotatable bonds is 12. The molecule has 0 unspecified atom stereocenters. The average Bonchev–Trinajstić information content (AvgIpc) is 3.41. The maximum absolute atomic E-state index is 13.5. The molecule has 3 aliphatic heterocycles. The molecule has 4 N–H and O–H groups in total. The highest BCUT2D eigenvalue weighted by Gasteiger charge is 2.45. The van der Waals surface area contributed by atoms with Crippen LogP contribution in [-0.2, 0) is 24.8 Å². The Kier molecular flexibility index (Phi) is 9.77. The molecular weight excluding hydrogens is 602 g/mol. The van der Waals surface area contributed by atoms with Crippen molar-refractivity contribution >= 4 is 25.7 Å². The van der Waals surface area contributed by atoms with Crippen LogP contribution in [0.1, 0.15) is 19.3 Å². The van der Waals surface area contributed by atoms with Crippen molar-refractivity contribution in [2.24, 2.45) is 0 Å². The third-order valence-corrected chi connectivity index (χ3v) is 11.3. The van der Waals surface area contributed by atoms with Crippen LogP contribution in [0.2, 0.25) is 0 Å². The van der Waals surface area contributed by atoms with Crippen molar-refractivity contribution in [3.05, 3.63) is 36.5 Å². The number of anilines is 1. The predicted octanol–water partition coefficient (Wildman–Crippen LogP) is -0.477. The molecule has 0 bridgehead atoms. The zero-order valence-corrected chi connectivity index (χ0v) is 25.6. The topological polar surface area (TPSA) is 180 Å². The van der Waals surface area contributed by atoms with Crippen LogP contribution in [0, 0.1) is 0 Å².